The number of carbonyl (C=O) groups is 1. The van der Waals surface area contributed by atoms with Gasteiger partial charge in [-0.2, -0.15) is 11.8 Å². The molecule has 1 atom stereocenters. The zero-order valence-electron chi connectivity index (χ0n) is 24.9. The molecule has 0 saturated heterocycles. The molecule has 5 rings (SSSR count). The molecule has 42 heavy (non-hydrogen) atoms. The fraction of sp³-hybridized carbons (Fsp3) is 0.314. The Kier molecular flexibility index (Phi) is 13.2. The number of hydrogen-bond acceptors (Lipinski definition) is 4. The van der Waals surface area contributed by atoms with Crippen molar-refractivity contribution < 1.29 is 15.0 Å². The number of thioether (sulfide) groups is 1. The summed E-state index contributed by atoms with van der Waals surface area (Å²) in [7, 11) is 0. The molecule has 0 amide bonds. The topological polar surface area (TPSA) is 70.4 Å². The second kappa shape index (κ2) is 16.1. The number of fused-ring (bicyclic) bond motifs is 1. The van der Waals surface area contributed by atoms with Crippen LogP contribution in [0.3, 0.4) is 0 Å². The van der Waals surface area contributed by atoms with Gasteiger partial charge in [0.25, 0.3) is 5.97 Å². The predicted octanol–water partition coefficient (Wildman–Crippen LogP) is 8.81. The van der Waals surface area contributed by atoms with Crippen LogP contribution in [0, 0.1) is 5.92 Å². The van der Waals surface area contributed by atoms with Crippen LogP contribution >= 0.6 is 23.4 Å². The minimum atomic E-state index is -0.833. The van der Waals surface area contributed by atoms with E-state index in [1.807, 2.05) is 44.2 Å². The van der Waals surface area contributed by atoms with Gasteiger partial charge in [-0.25, -0.2) is 4.98 Å². The minimum absolute atomic E-state index is 0. The SMILES string of the molecule is CC(=O)O.CC(C)(O)c1ccccc1CC[C@@H](SCC1CC1)c1cccc(/C=C/c2ccc3ccc(Cl)cc3n2)c1.[Na]. The maximum absolute atomic E-state index is 10.7. The van der Waals surface area contributed by atoms with Crippen molar-refractivity contribution in [3.63, 3.8) is 0 Å². The molecule has 1 saturated carbocycles. The van der Waals surface area contributed by atoms with Crippen LogP contribution in [0.25, 0.3) is 23.1 Å². The third kappa shape index (κ3) is 10.9. The van der Waals surface area contributed by atoms with Crippen molar-refractivity contribution in [3.05, 3.63) is 112 Å². The summed E-state index contributed by atoms with van der Waals surface area (Å²) in [6.07, 6.45) is 8.96. The molecule has 215 valence electrons. The number of aliphatic hydroxyl groups is 1. The molecule has 1 heterocycles. The van der Waals surface area contributed by atoms with Crippen molar-refractivity contribution in [2.75, 3.05) is 5.75 Å². The third-order valence-corrected chi connectivity index (χ3v) is 8.80. The van der Waals surface area contributed by atoms with E-state index in [9.17, 15) is 5.11 Å². The Balaban J connectivity index is 0.000000911. The van der Waals surface area contributed by atoms with Crippen LogP contribution in [0.2, 0.25) is 5.02 Å². The van der Waals surface area contributed by atoms with Crippen LogP contribution in [-0.4, -0.2) is 56.5 Å². The molecule has 2 N–H and O–H groups in total. The Bertz CT molecular complexity index is 1510. The van der Waals surface area contributed by atoms with Crippen molar-refractivity contribution in [1.29, 1.82) is 0 Å². The van der Waals surface area contributed by atoms with Gasteiger partial charge in [0.1, 0.15) is 0 Å². The Morgan fingerprint density at radius 3 is 2.48 bits per heavy atom. The van der Waals surface area contributed by atoms with E-state index in [4.69, 9.17) is 26.5 Å². The standard InChI is InChI=1S/C33H34ClNOS.C2H4O2.Na/c1-33(2,36)30-9-4-3-7-25(30)15-19-32(37-22-24-10-11-24)27-8-5-6-23(20-27)12-17-29-18-14-26-13-16-28(34)21-31(26)35-29;1-2(3)4;/h3-9,12-14,16-18,20-21,24,32,36H,10-11,15,19,22H2,1-2H3;1H3,(H,3,4);/b17-12+;;/t32-;;/m1../s1. The van der Waals surface area contributed by atoms with Gasteiger partial charge < -0.3 is 10.2 Å². The number of halogens is 1. The van der Waals surface area contributed by atoms with Crippen LogP contribution in [0.1, 0.15) is 73.2 Å². The molecule has 1 aliphatic rings. The molecule has 0 unspecified atom stereocenters. The van der Waals surface area contributed by atoms with E-state index in [1.165, 1.54) is 35.3 Å². The van der Waals surface area contributed by atoms with Crippen molar-refractivity contribution in [2.24, 2.45) is 5.92 Å². The first-order valence-electron chi connectivity index (χ1n) is 14.0. The molecule has 1 aliphatic carbocycles. The average Bonchev–Trinajstić information content (AvgIpc) is 3.76. The summed E-state index contributed by atoms with van der Waals surface area (Å²) in [5.41, 5.74) is 5.81. The molecule has 0 bridgehead atoms. The molecule has 1 radical (unpaired) electrons. The summed E-state index contributed by atoms with van der Waals surface area (Å²) in [5, 5.41) is 20.3. The van der Waals surface area contributed by atoms with Crippen molar-refractivity contribution >= 4 is 81.9 Å². The number of aromatic nitrogens is 1. The monoisotopic (exact) mass is 610 g/mol. The summed E-state index contributed by atoms with van der Waals surface area (Å²) >= 11 is 8.26. The minimum Gasteiger partial charge on any atom is -0.481 e. The molecule has 1 fully saturated rings. The summed E-state index contributed by atoms with van der Waals surface area (Å²) < 4.78 is 0. The van der Waals surface area contributed by atoms with Crippen molar-refractivity contribution in [1.82, 2.24) is 4.98 Å². The van der Waals surface area contributed by atoms with Crippen molar-refractivity contribution in [3.8, 4) is 0 Å². The molecular formula is C35H38ClNNaO3S. The molecule has 1 aromatic heterocycles. The van der Waals surface area contributed by atoms with Gasteiger partial charge >= 0.3 is 0 Å². The second-order valence-electron chi connectivity index (χ2n) is 11.1. The number of carboxylic acid groups (broad SMARTS) is 1. The smallest absolute Gasteiger partial charge is 0.300 e. The fourth-order valence-electron chi connectivity index (χ4n) is 4.75. The normalized spacial score (nSPS) is 13.7. The van der Waals surface area contributed by atoms with Crippen LogP contribution in [0.15, 0.2) is 78.9 Å². The van der Waals surface area contributed by atoms with E-state index in [0.29, 0.717) is 10.3 Å². The van der Waals surface area contributed by atoms with Gasteiger partial charge in [-0.1, -0.05) is 78.3 Å². The van der Waals surface area contributed by atoms with E-state index in [0.717, 1.165) is 47.8 Å². The Morgan fingerprint density at radius 1 is 1.05 bits per heavy atom. The van der Waals surface area contributed by atoms with Crippen LogP contribution in [0.4, 0.5) is 0 Å². The van der Waals surface area contributed by atoms with E-state index in [-0.39, 0.29) is 29.6 Å². The summed E-state index contributed by atoms with van der Waals surface area (Å²) in [4.78, 5) is 13.8. The predicted molar refractivity (Wildman–Crippen MR) is 179 cm³/mol. The largest absolute Gasteiger partial charge is 0.481 e. The Morgan fingerprint density at radius 2 is 1.76 bits per heavy atom. The van der Waals surface area contributed by atoms with Gasteiger partial charge in [0.2, 0.25) is 0 Å². The van der Waals surface area contributed by atoms with E-state index < -0.39 is 11.6 Å². The van der Waals surface area contributed by atoms with Gasteiger partial charge in [-0.3, -0.25) is 4.79 Å². The number of aryl methyl sites for hydroxylation is 1. The number of nitrogens with zero attached hydrogens (tertiary/aromatic N) is 1. The number of hydrogen-bond donors (Lipinski definition) is 2. The zero-order valence-corrected chi connectivity index (χ0v) is 28.5. The number of benzene rings is 3. The molecule has 7 heteroatoms. The van der Waals surface area contributed by atoms with E-state index >= 15 is 0 Å². The summed E-state index contributed by atoms with van der Waals surface area (Å²) in [6, 6.07) is 27.2. The first-order chi connectivity index (χ1) is 19.6. The number of aliphatic carboxylic acids is 1. The van der Waals surface area contributed by atoms with Gasteiger partial charge in [0.05, 0.1) is 16.8 Å². The van der Waals surface area contributed by atoms with Crippen LogP contribution < -0.4 is 0 Å². The molecule has 0 spiro atoms. The van der Waals surface area contributed by atoms with E-state index in [1.54, 1.807) is 0 Å². The Labute approximate surface area is 280 Å². The van der Waals surface area contributed by atoms with Crippen LogP contribution in [-0.2, 0) is 16.8 Å². The fourth-order valence-corrected chi connectivity index (χ4v) is 6.38. The number of carboxylic acids is 1. The molecule has 0 aliphatic heterocycles. The second-order valence-corrected chi connectivity index (χ2v) is 12.8. The van der Waals surface area contributed by atoms with Gasteiger partial charge in [0, 0.05) is 52.1 Å². The van der Waals surface area contributed by atoms with E-state index in [2.05, 4.69) is 72.4 Å². The van der Waals surface area contributed by atoms with Gasteiger partial charge in [-0.15, -0.1) is 0 Å². The average molecular weight is 611 g/mol. The maximum Gasteiger partial charge on any atom is 0.300 e. The Hall–Kier alpha value is -2.12. The maximum atomic E-state index is 10.7. The van der Waals surface area contributed by atoms with Crippen molar-refractivity contribution in [2.45, 2.75) is 57.3 Å². The third-order valence-electron chi connectivity index (χ3n) is 6.99. The number of rotatable bonds is 10. The first-order valence-corrected chi connectivity index (χ1v) is 15.5. The molecule has 3 aromatic carbocycles. The summed E-state index contributed by atoms with van der Waals surface area (Å²) in [5.74, 6) is 1.27. The molecule has 4 aromatic rings. The first kappa shape index (κ1) is 34.4. The quantitative estimate of drug-likeness (QED) is 0.176. The van der Waals surface area contributed by atoms with Crippen LogP contribution in [0.5, 0.6) is 0 Å². The zero-order chi connectivity index (χ0) is 29.4. The van der Waals surface area contributed by atoms with Gasteiger partial charge in [-0.05, 0) is 97.7 Å². The molecule has 4 nitrogen and oxygen atoms in total. The summed E-state index contributed by atoms with van der Waals surface area (Å²) in [6.45, 7) is 4.83. The molecular weight excluding hydrogens is 573 g/mol. The number of pyridine rings is 1. The van der Waals surface area contributed by atoms with Gasteiger partial charge in [0.15, 0.2) is 0 Å².